The van der Waals surface area contributed by atoms with Crippen molar-refractivity contribution in [2.24, 2.45) is 5.73 Å². The number of aryl methyl sites for hydroxylation is 3. The second kappa shape index (κ2) is 8.60. The predicted octanol–water partition coefficient (Wildman–Crippen LogP) is 3.40. The number of carbonyl (C=O) groups is 1. The molecule has 0 saturated carbocycles. The number of hydrogen-bond donors (Lipinski definition) is 1. The van der Waals surface area contributed by atoms with E-state index < -0.39 is 6.04 Å². The molecule has 4 nitrogen and oxygen atoms in total. The molecule has 1 amide bonds. The molecule has 0 spiro atoms. The number of aromatic nitrogens is 1. The van der Waals surface area contributed by atoms with E-state index in [9.17, 15) is 4.79 Å². The molecule has 0 bridgehead atoms. The van der Waals surface area contributed by atoms with E-state index in [1.54, 1.807) is 13.1 Å². The van der Waals surface area contributed by atoms with Crippen molar-refractivity contribution in [3.05, 3.63) is 59.4 Å². The van der Waals surface area contributed by atoms with Gasteiger partial charge in [0.1, 0.15) is 0 Å². The minimum absolute atomic E-state index is 0.0197. The number of anilines is 1. The highest BCUT2D eigenvalue weighted by molar-refractivity contribution is 5.98. The average Bonchev–Trinajstić information content (AvgIpc) is 2.57. The molecule has 128 valence electrons. The topological polar surface area (TPSA) is 59.2 Å². The molecule has 1 heterocycles. The van der Waals surface area contributed by atoms with Crippen molar-refractivity contribution in [1.29, 1.82) is 0 Å². The van der Waals surface area contributed by atoms with Gasteiger partial charge in [-0.3, -0.25) is 9.78 Å². The molecule has 4 heteroatoms. The highest BCUT2D eigenvalue weighted by Gasteiger charge is 2.21. The summed E-state index contributed by atoms with van der Waals surface area (Å²) in [6, 6.07) is 9.65. The summed E-state index contributed by atoms with van der Waals surface area (Å²) in [7, 11) is 0. The summed E-state index contributed by atoms with van der Waals surface area (Å²) in [6.45, 7) is 6.52. The third kappa shape index (κ3) is 4.65. The summed E-state index contributed by atoms with van der Waals surface area (Å²) in [5.41, 5.74) is 10.3. The Morgan fingerprint density at radius 2 is 1.88 bits per heavy atom. The summed E-state index contributed by atoms with van der Waals surface area (Å²) in [5, 5.41) is 0. The number of nitrogens with zero attached hydrogens (tertiary/aromatic N) is 2. The molecule has 2 rings (SSSR count). The Balaban J connectivity index is 2.06. The van der Waals surface area contributed by atoms with E-state index in [1.165, 1.54) is 5.56 Å². The Bertz CT molecular complexity index is 648. The second-order valence-corrected chi connectivity index (χ2v) is 6.34. The maximum absolute atomic E-state index is 12.6. The van der Waals surface area contributed by atoms with Crippen LogP contribution >= 0.6 is 0 Å². The number of pyridine rings is 1. The van der Waals surface area contributed by atoms with Gasteiger partial charge >= 0.3 is 0 Å². The van der Waals surface area contributed by atoms with Crippen molar-refractivity contribution in [2.45, 2.75) is 46.1 Å². The molecule has 2 aromatic rings. The SMILES string of the molecule is Cc1cccc(C)c1N(CCCCc1cccnc1)C(=O)C(C)N. The first kappa shape index (κ1) is 18.1. The van der Waals surface area contributed by atoms with E-state index in [-0.39, 0.29) is 5.91 Å². The minimum atomic E-state index is -0.498. The van der Waals surface area contributed by atoms with Gasteiger partial charge in [-0.05, 0) is 62.8 Å². The average molecular weight is 325 g/mol. The van der Waals surface area contributed by atoms with Gasteiger partial charge in [0.25, 0.3) is 0 Å². The van der Waals surface area contributed by atoms with Crippen LogP contribution in [0.1, 0.15) is 36.5 Å². The molecule has 0 aliphatic heterocycles. The van der Waals surface area contributed by atoms with Gasteiger partial charge in [0.05, 0.1) is 6.04 Å². The van der Waals surface area contributed by atoms with Crippen LogP contribution in [0.25, 0.3) is 0 Å². The Labute approximate surface area is 144 Å². The van der Waals surface area contributed by atoms with Crippen LogP contribution in [-0.4, -0.2) is 23.5 Å². The smallest absolute Gasteiger partial charge is 0.243 e. The summed E-state index contributed by atoms with van der Waals surface area (Å²) in [4.78, 5) is 18.6. The van der Waals surface area contributed by atoms with Gasteiger partial charge in [0.15, 0.2) is 0 Å². The fourth-order valence-electron chi connectivity index (χ4n) is 2.95. The summed E-state index contributed by atoms with van der Waals surface area (Å²) >= 11 is 0. The minimum Gasteiger partial charge on any atom is -0.320 e. The first-order chi connectivity index (χ1) is 11.5. The highest BCUT2D eigenvalue weighted by Crippen LogP contribution is 2.25. The molecule has 1 aromatic carbocycles. The first-order valence-electron chi connectivity index (χ1n) is 8.52. The fourth-order valence-corrected chi connectivity index (χ4v) is 2.95. The zero-order valence-electron chi connectivity index (χ0n) is 14.8. The van der Waals surface area contributed by atoms with E-state index in [0.29, 0.717) is 6.54 Å². The molecular weight excluding hydrogens is 298 g/mol. The zero-order valence-corrected chi connectivity index (χ0v) is 14.8. The Kier molecular flexibility index (Phi) is 6.50. The molecule has 1 unspecified atom stereocenters. The first-order valence-corrected chi connectivity index (χ1v) is 8.52. The molecule has 0 fully saturated rings. The quantitative estimate of drug-likeness (QED) is 0.794. The number of para-hydroxylation sites is 1. The van der Waals surface area contributed by atoms with Gasteiger partial charge in [-0.1, -0.05) is 24.3 Å². The number of benzene rings is 1. The van der Waals surface area contributed by atoms with Gasteiger partial charge in [0, 0.05) is 24.6 Å². The lowest BCUT2D eigenvalue weighted by atomic mass is 10.1. The van der Waals surface area contributed by atoms with Crippen molar-refractivity contribution in [1.82, 2.24) is 4.98 Å². The molecule has 24 heavy (non-hydrogen) atoms. The molecule has 0 aliphatic rings. The molecule has 1 aromatic heterocycles. The van der Waals surface area contributed by atoms with Gasteiger partial charge < -0.3 is 10.6 Å². The summed E-state index contributed by atoms with van der Waals surface area (Å²) in [5.74, 6) is -0.0197. The molecule has 0 aliphatic carbocycles. The van der Waals surface area contributed by atoms with Gasteiger partial charge in [-0.15, -0.1) is 0 Å². The van der Waals surface area contributed by atoms with Crippen molar-refractivity contribution >= 4 is 11.6 Å². The highest BCUT2D eigenvalue weighted by atomic mass is 16.2. The zero-order chi connectivity index (χ0) is 17.5. The van der Waals surface area contributed by atoms with Crippen molar-refractivity contribution < 1.29 is 4.79 Å². The van der Waals surface area contributed by atoms with Crippen molar-refractivity contribution in [2.75, 3.05) is 11.4 Å². The third-order valence-electron chi connectivity index (χ3n) is 4.18. The van der Waals surface area contributed by atoms with Crippen LogP contribution in [0, 0.1) is 13.8 Å². The van der Waals surface area contributed by atoms with Gasteiger partial charge in [-0.2, -0.15) is 0 Å². The van der Waals surface area contributed by atoms with Crippen LogP contribution in [0.4, 0.5) is 5.69 Å². The number of rotatable bonds is 7. The summed E-state index contributed by atoms with van der Waals surface area (Å²) < 4.78 is 0. The molecule has 0 saturated heterocycles. The van der Waals surface area contributed by atoms with Crippen LogP contribution in [0.3, 0.4) is 0 Å². The number of carbonyl (C=O) groups excluding carboxylic acids is 1. The Morgan fingerprint density at radius 3 is 2.46 bits per heavy atom. The normalized spacial score (nSPS) is 12.0. The monoisotopic (exact) mass is 325 g/mol. The second-order valence-electron chi connectivity index (χ2n) is 6.34. The van der Waals surface area contributed by atoms with Gasteiger partial charge in [0.2, 0.25) is 5.91 Å². The molecule has 2 N–H and O–H groups in total. The molecule has 1 atom stereocenters. The largest absolute Gasteiger partial charge is 0.320 e. The van der Waals surface area contributed by atoms with Crippen LogP contribution in [0.15, 0.2) is 42.7 Å². The Morgan fingerprint density at radius 1 is 1.17 bits per heavy atom. The maximum Gasteiger partial charge on any atom is 0.243 e. The number of unbranched alkanes of at least 4 members (excludes halogenated alkanes) is 1. The van der Waals surface area contributed by atoms with Crippen molar-refractivity contribution in [3.8, 4) is 0 Å². The van der Waals surface area contributed by atoms with E-state index >= 15 is 0 Å². The maximum atomic E-state index is 12.6. The number of hydrogen-bond acceptors (Lipinski definition) is 3. The number of amides is 1. The van der Waals surface area contributed by atoms with E-state index in [1.807, 2.05) is 49.2 Å². The third-order valence-corrected chi connectivity index (χ3v) is 4.18. The standard InChI is InChI=1S/C20H27N3O/c1-15-8-6-9-16(2)19(15)23(20(24)17(3)21)13-5-4-10-18-11-7-12-22-14-18/h6-9,11-12,14,17H,4-5,10,13,21H2,1-3H3. The fraction of sp³-hybridized carbons (Fsp3) is 0.400. The Hall–Kier alpha value is -2.20. The summed E-state index contributed by atoms with van der Waals surface area (Å²) in [6.07, 6.45) is 6.60. The predicted molar refractivity (Wildman–Crippen MR) is 99.1 cm³/mol. The van der Waals surface area contributed by atoms with Crippen molar-refractivity contribution in [3.63, 3.8) is 0 Å². The molecule has 0 radical (unpaired) electrons. The van der Waals surface area contributed by atoms with E-state index in [4.69, 9.17) is 5.73 Å². The lowest BCUT2D eigenvalue weighted by molar-refractivity contribution is -0.119. The lowest BCUT2D eigenvalue weighted by Crippen LogP contribution is -2.43. The van der Waals surface area contributed by atoms with Crippen LogP contribution in [0.5, 0.6) is 0 Å². The van der Waals surface area contributed by atoms with Crippen LogP contribution in [0.2, 0.25) is 0 Å². The van der Waals surface area contributed by atoms with E-state index in [2.05, 4.69) is 11.1 Å². The lowest BCUT2D eigenvalue weighted by Gasteiger charge is -2.28. The van der Waals surface area contributed by atoms with E-state index in [0.717, 1.165) is 36.1 Å². The van der Waals surface area contributed by atoms with Crippen LogP contribution < -0.4 is 10.6 Å². The van der Waals surface area contributed by atoms with Crippen LogP contribution in [-0.2, 0) is 11.2 Å². The van der Waals surface area contributed by atoms with Gasteiger partial charge in [-0.25, -0.2) is 0 Å². The number of nitrogens with two attached hydrogens (primary N) is 1. The molecular formula is C20H27N3O.